The molecule has 0 heterocycles. The molecule has 0 atom stereocenters. The van der Waals surface area contributed by atoms with Gasteiger partial charge in [-0.2, -0.15) is 8.42 Å². The Hall–Kier alpha value is -0.860. The minimum Gasteiger partial charge on any atom is -0.291 e. The summed E-state index contributed by atoms with van der Waals surface area (Å²) in [7, 11) is 1.16. The van der Waals surface area contributed by atoms with E-state index in [2.05, 4.69) is 6.92 Å². The van der Waals surface area contributed by atoms with Crippen molar-refractivity contribution in [1.82, 2.24) is 4.90 Å². The van der Waals surface area contributed by atoms with Gasteiger partial charge in [0.05, 0.1) is 27.7 Å². The Labute approximate surface area is 84.4 Å². The summed E-state index contributed by atoms with van der Waals surface area (Å²) in [6.45, 7) is 3.01. The predicted octanol–water partition coefficient (Wildman–Crippen LogP) is -1.13. The molecule has 0 fully saturated rings. The van der Waals surface area contributed by atoms with E-state index in [0.29, 0.717) is 0 Å². The Morgan fingerprint density at radius 3 is 1.79 bits per heavy atom. The van der Waals surface area contributed by atoms with Crippen LogP contribution >= 0.6 is 0 Å². The molecule has 0 spiro atoms. The van der Waals surface area contributed by atoms with Gasteiger partial charge in [-0.25, -0.2) is 0 Å². The number of hydrogen-bond acceptors (Lipinski definition) is 2. The number of nitrogens with two attached hydrogens (primary N) is 1. The van der Waals surface area contributed by atoms with E-state index >= 15 is 0 Å². The van der Waals surface area contributed by atoms with Crippen molar-refractivity contribution in [3.05, 3.63) is 0 Å². The molecule has 0 aromatic rings. The van der Waals surface area contributed by atoms with Gasteiger partial charge in [-0.15, -0.1) is 0 Å². The second-order valence-corrected chi connectivity index (χ2v) is 3.61. The third-order valence-electron chi connectivity index (χ3n) is 1.32. The number of hydrogen-bond donors (Lipinski definition) is 3. The van der Waals surface area contributed by atoms with Crippen LogP contribution in [0.25, 0.3) is 0 Å². The van der Waals surface area contributed by atoms with Gasteiger partial charge < -0.3 is 0 Å². The van der Waals surface area contributed by atoms with E-state index in [4.69, 9.17) is 23.3 Å². The lowest BCUT2D eigenvalue weighted by atomic mass is 10.6. The third-order valence-corrected chi connectivity index (χ3v) is 1.32. The van der Waals surface area contributed by atoms with E-state index in [1.807, 2.05) is 30.6 Å². The Morgan fingerprint density at radius 2 is 1.71 bits per heavy atom. The van der Waals surface area contributed by atoms with E-state index in [9.17, 15) is 0 Å². The van der Waals surface area contributed by atoms with E-state index < -0.39 is 10.4 Å². The molecule has 0 saturated heterocycles. The molecule has 7 nitrogen and oxygen atoms in total. The molecule has 0 amide bonds. The molecule has 0 aromatic heterocycles. The smallest absolute Gasteiger partial charge is 0.291 e. The highest BCUT2D eigenvalue weighted by Gasteiger charge is 2.04. The predicted molar refractivity (Wildman–Crippen MR) is 53.8 cm³/mol. The Bertz CT molecular complexity index is 273. The van der Waals surface area contributed by atoms with Crippen molar-refractivity contribution in [2.24, 2.45) is 5.73 Å². The fourth-order valence-electron chi connectivity index (χ4n) is 0.503. The maximum Gasteiger partial charge on any atom is 0.394 e. The van der Waals surface area contributed by atoms with E-state index in [1.54, 1.807) is 0 Å². The van der Waals surface area contributed by atoms with Crippen LogP contribution in [0, 0.1) is 0 Å². The summed E-state index contributed by atoms with van der Waals surface area (Å²) in [5, 5.41) is 0. The SMILES string of the molecule is CCN(C)C(N)=[N+](C)C.O=S(=O)(O)O. The van der Waals surface area contributed by atoms with Crippen molar-refractivity contribution in [3.8, 4) is 0 Å². The summed E-state index contributed by atoms with van der Waals surface area (Å²) in [6.07, 6.45) is 0. The summed E-state index contributed by atoms with van der Waals surface area (Å²) in [6, 6.07) is 0. The summed E-state index contributed by atoms with van der Waals surface area (Å²) in [5.41, 5.74) is 5.64. The zero-order valence-corrected chi connectivity index (χ0v) is 9.61. The van der Waals surface area contributed by atoms with Crippen molar-refractivity contribution < 1.29 is 22.1 Å². The van der Waals surface area contributed by atoms with Gasteiger partial charge in [-0.1, -0.05) is 0 Å². The van der Waals surface area contributed by atoms with Crippen molar-refractivity contribution in [1.29, 1.82) is 0 Å². The van der Waals surface area contributed by atoms with Crippen molar-refractivity contribution in [2.45, 2.75) is 6.92 Å². The summed E-state index contributed by atoms with van der Waals surface area (Å²) in [4.78, 5) is 1.99. The molecule has 86 valence electrons. The highest BCUT2D eigenvalue weighted by molar-refractivity contribution is 7.79. The Morgan fingerprint density at radius 1 is 1.43 bits per heavy atom. The second kappa shape index (κ2) is 6.57. The van der Waals surface area contributed by atoms with Gasteiger partial charge in [-0.05, 0) is 6.92 Å². The molecule has 0 unspecified atom stereocenters. The van der Waals surface area contributed by atoms with Gasteiger partial charge in [0.25, 0.3) is 0 Å². The molecule has 0 rings (SSSR count). The monoisotopic (exact) mass is 228 g/mol. The van der Waals surface area contributed by atoms with Gasteiger partial charge in [0.15, 0.2) is 0 Å². The zero-order valence-electron chi connectivity index (χ0n) is 8.80. The summed E-state index contributed by atoms with van der Waals surface area (Å²) < 4.78 is 33.5. The molecule has 0 saturated carbocycles. The summed E-state index contributed by atoms with van der Waals surface area (Å²) in [5.74, 6) is 0.803. The zero-order chi connectivity index (χ0) is 11.9. The van der Waals surface area contributed by atoms with Crippen molar-refractivity contribution in [2.75, 3.05) is 27.7 Å². The van der Waals surface area contributed by atoms with E-state index in [0.717, 1.165) is 12.5 Å². The molecule has 0 bridgehead atoms. The van der Waals surface area contributed by atoms with Crippen LogP contribution < -0.4 is 5.73 Å². The van der Waals surface area contributed by atoms with Crippen LogP contribution in [0.4, 0.5) is 0 Å². The van der Waals surface area contributed by atoms with Crippen LogP contribution in [0.5, 0.6) is 0 Å². The molecule has 0 aromatic carbocycles. The fourth-order valence-corrected chi connectivity index (χ4v) is 0.503. The van der Waals surface area contributed by atoms with Crippen LogP contribution in [0.2, 0.25) is 0 Å². The minimum absolute atomic E-state index is 0.803. The lowest BCUT2D eigenvalue weighted by molar-refractivity contribution is -0.471. The minimum atomic E-state index is -4.67. The van der Waals surface area contributed by atoms with Crippen LogP contribution in [0.15, 0.2) is 0 Å². The lowest BCUT2D eigenvalue weighted by Gasteiger charge is -2.09. The number of nitrogens with zero attached hydrogens (tertiary/aromatic N) is 2. The lowest BCUT2D eigenvalue weighted by Crippen LogP contribution is -2.39. The van der Waals surface area contributed by atoms with Crippen LogP contribution in [0.1, 0.15) is 6.92 Å². The molecular weight excluding hydrogens is 210 g/mol. The molecule has 0 aliphatic heterocycles. The maximum absolute atomic E-state index is 8.74. The topological polar surface area (TPSA) is 107 Å². The largest absolute Gasteiger partial charge is 0.394 e. The normalized spacial score (nSPS) is 9.86. The first-order valence-corrected chi connectivity index (χ1v) is 5.20. The van der Waals surface area contributed by atoms with Crippen LogP contribution in [-0.2, 0) is 10.4 Å². The van der Waals surface area contributed by atoms with Gasteiger partial charge in [-0.3, -0.25) is 24.3 Å². The fraction of sp³-hybridized carbons (Fsp3) is 0.833. The number of guanidine groups is 1. The van der Waals surface area contributed by atoms with Crippen molar-refractivity contribution >= 4 is 16.4 Å². The third kappa shape index (κ3) is 13.7. The van der Waals surface area contributed by atoms with Gasteiger partial charge in [0, 0.05) is 0 Å². The Balaban J connectivity index is 0. The summed E-state index contributed by atoms with van der Waals surface area (Å²) >= 11 is 0. The van der Waals surface area contributed by atoms with E-state index in [-0.39, 0.29) is 0 Å². The molecule has 0 radical (unpaired) electrons. The quantitative estimate of drug-likeness (QED) is 0.227. The van der Waals surface area contributed by atoms with Crippen LogP contribution in [-0.4, -0.2) is 60.6 Å². The molecule has 0 aliphatic carbocycles. The molecular formula is C6H18N3O4S+. The maximum atomic E-state index is 8.74. The Kier molecular flexibility index (Phi) is 7.33. The first-order valence-electron chi connectivity index (χ1n) is 3.80. The average Bonchev–Trinajstić information content (AvgIpc) is 1.98. The first kappa shape index (κ1) is 15.6. The van der Waals surface area contributed by atoms with Crippen molar-refractivity contribution in [3.63, 3.8) is 0 Å². The molecule has 4 N–H and O–H groups in total. The highest BCUT2D eigenvalue weighted by Crippen LogP contribution is 1.76. The van der Waals surface area contributed by atoms with Gasteiger partial charge >= 0.3 is 16.4 Å². The van der Waals surface area contributed by atoms with Gasteiger partial charge in [0.1, 0.15) is 0 Å². The average molecular weight is 228 g/mol. The number of rotatable bonds is 1. The highest BCUT2D eigenvalue weighted by atomic mass is 32.3. The first-order chi connectivity index (χ1) is 6.09. The van der Waals surface area contributed by atoms with E-state index in [1.165, 1.54) is 0 Å². The van der Waals surface area contributed by atoms with Gasteiger partial charge in [0.2, 0.25) is 0 Å². The van der Waals surface area contributed by atoms with Crippen LogP contribution in [0.3, 0.4) is 0 Å². The second-order valence-electron chi connectivity index (χ2n) is 2.71. The molecule has 14 heavy (non-hydrogen) atoms. The standard InChI is InChI=1S/C6H15N3.H2O4S/c1-5-9(4)6(7)8(2)3;1-5(2,3)4/h7H,5H2,1-4H3;(H2,1,2,3,4)/p+1. The molecule has 8 heteroatoms. The molecule has 0 aliphatic rings.